The third kappa shape index (κ3) is 1.74. The molecular formula is C12H14ClN3O. The second-order valence-corrected chi connectivity index (χ2v) is 4.50. The van der Waals surface area contributed by atoms with Gasteiger partial charge in [0.25, 0.3) is 0 Å². The molecule has 1 aromatic carbocycles. The van der Waals surface area contributed by atoms with E-state index in [-0.39, 0.29) is 5.75 Å². The molecule has 0 aliphatic carbocycles. The van der Waals surface area contributed by atoms with Gasteiger partial charge in [0.15, 0.2) is 0 Å². The smallest absolute Gasteiger partial charge is 0.129 e. The van der Waals surface area contributed by atoms with Crippen LogP contribution in [0.5, 0.6) is 5.75 Å². The summed E-state index contributed by atoms with van der Waals surface area (Å²) in [5, 5.41) is 14.8. The fourth-order valence-electron chi connectivity index (χ4n) is 1.83. The van der Waals surface area contributed by atoms with Crippen molar-refractivity contribution < 1.29 is 5.11 Å². The van der Waals surface area contributed by atoms with Gasteiger partial charge in [-0.25, -0.2) is 0 Å². The Hall–Kier alpha value is -1.68. The third-order valence-electron chi connectivity index (χ3n) is 2.94. The van der Waals surface area contributed by atoms with Crippen LogP contribution in [0.1, 0.15) is 11.1 Å². The SMILES string of the molecule is Cc1cc(Cl)c(C)c(-c2cnn(C)c2N)c1O. The number of aryl methyl sites for hydroxylation is 2. The van der Waals surface area contributed by atoms with E-state index in [1.54, 1.807) is 30.9 Å². The van der Waals surface area contributed by atoms with Gasteiger partial charge in [0.2, 0.25) is 0 Å². The van der Waals surface area contributed by atoms with Gasteiger partial charge in [-0.15, -0.1) is 0 Å². The van der Waals surface area contributed by atoms with E-state index in [0.29, 0.717) is 22.0 Å². The largest absolute Gasteiger partial charge is 0.507 e. The predicted molar refractivity (Wildman–Crippen MR) is 69.2 cm³/mol. The molecule has 90 valence electrons. The van der Waals surface area contributed by atoms with Gasteiger partial charge in [-0.3, -0.25) is 4.68 Å². The maximum atomic E-state index is 10.1. The number of rotatable bonds is 1. The van der Waals surface area contributed by atoms with Crippen molar-refractivity contribution in [2.75, 3.05) is 5.73 Å². The Bertz CT molecular complexity index is 564. The van der Waals surface area contributed by atoms with Gasteiger partial charge in [0.05, 0.1) is 6.20 Å². The minimum absolute atomic E-state index is 0.201. The van der Waals surface area contributed by atoms with E-state index in [0.717, 1.165) is 11.1 Å². The number of aromatic nitrogens is 2. The summed E-state index contributed by atoms with van der Waals surface area (Å²) in [6.07, 6.45) is 1.63. The van der Waals surface area contributed by atoms with Gasteiger partial charge >= 0.3 is 0 Å². The minimum atomic E-state index is 0.201. The molecule has 0 aliphatic rings. The van der Waals surface area contributed by atoms with Crippen LogP contribution in [0.4, 0.5) is 5.82 Å². The van der Waals surface area contributed by atoms with E-state index in [9.17, 15) is 5.11 Å². The summed E-state index contributed by atoms with van der Waals surface area (Å²) >= 11 is 6.12. The van der Waals surface area contributed by atoms with Crippen LogP contribution in [0.15, 0.2) is 12.3 Å². The standard InChI is InChI=1S/C12H14ClN3O/c1-6-4-9(13)7(2)10(11(6)17)8-5-15-16(3)12(8)14/h4-5,17H,14H2,1-3H3. The van der Waals surface area contributed by atoms with E-state index >= 15 is 0 Å². The van der Waals surface area contributed by atoms with Crippen molar-refractivity contribution >= 4 is 17.4 Å². The van der Waals surface area contributed by atoms with Gasteiger partial charge in [-0.2, -0.15) is 5.10 Å². The molecule has 0 unspecified atom stereocenters. The minimum Gasteiger partial charge on any atom is -0.507 e. The second-order valence-electron chi connectivity index (χ2n) is 4.09. The maximum Gasteiger partial charge on any atom is 0.129 e. The summed E-state index contributed by atoms with van der Waals surface area (Å²) in [6, 6.07) is 1.74. The number of benzene rings is 1. The zero-order valence-electron chi connectivity index (χ0n) is 9.95. The Labute approximate surface area is 105 Å². The van der Waals surface area contributed by atoms with Crippen molar-refractivity contribution in [3.63, 3.8) is 0 Å². The average Bonchev–Trinajstić information content (AvgIpc) is 2.59. The van der Waals surface area contributed by atoms with Crippen molar-refractivity contribution in [2.45, 2.75) is 13.8 Å². The van der Waals surface area contributed by atoms with E-state index in [1.165, 1.54) is 0 Å². The maximum absolute atomic E-state index is 10.1. The molecule has 2 rings (SSSR count). The highest BCUT2D eigenvalue weighted by Gasteiger charge is 2.17. The summed E-state index contributed by atoms with van der Waals surface area (Å²) in [5.74, 6) is 0.705. The van der Waals surface area contributed by atoms with Gasteiger partial charge < -0.3 is 10.8 Å². The summed E-state index contributed by atoms with van der Waals surface area (Å²) < 4.78 is 1.56. The fourth-order valence-corrected chi connectivity index (χ4v) is 2.09. The number of phenols is 1. The molecule has 0 saturated carbocycles. The normalized spacial score (nSPS) is 10.8. The molecule has 1 heterocycles. The molecule has 2 aromatic rings. The molecule has 0 amide bonds. The van der Waals surface area contributed by atoms with E-state index < -0.39 is 0 Å². The third-order valence-corrected chi connectivity index (χ3v) is 3.33. The first kappa shape index (κ1) is 11.8. The monoisotopic (exact) mass is 251 g/mol. The Balaban J connectivity index is 2.79. The first-order valence-corrected chi connectivity index (χ1v) is 5.57. The first-order chi connectivity index (χ1) is 7.93. The van der Waals surface area contributed by atoms with Gasteiger partial charge in [-0.05, 0) is 31.0 Å². The number of nitrogen functional groups attached to an aromatic ring is 1. The number of nitrogens with zero attached hydrogens (tertiary/aromatic N) is 2. The first-order valence-electron chi connectivity index (χ1n) is 5.20. The molecular weight excluding hydrogens is 238 g/mol. The number of nitrogens with two attached hydrogens (primary N) is 1. The topological polar surface area (TPSA) is 64.1 Å². The highest BCUT2D eigenvalue weighted by atomic mass is 35.5. The summed E-state index contributed by atoms with van der Waals surface area (Å²) in [4.78, 5) is 0. The molecule has 1 aromatic heterocycles. The van der Waals surface area contributed by atoms with Gasteiger partial charge in [-0.1, -0.05) is 11.6 Å². The van der Waals surface area contributed by atoms with E-state index in [2.05, 4.69) is 5.10 Å². The highest BCUT2D eigenvalue weighted by molar-refractivity contribution is 6.32. The van der Waals surface area contributed by atoms with Crippen molar-refractivity contribution in [1.29, 1.82) is 0 Å². The van der Waals surface area contributed by atoms with Crippen LogP contribution in [0.2, 0.25) is 5.02 Å². The van der Waals surface area contributed by atoms with Crippen molar-refractivity contribution in [1.82, 2.24) is 9.78 Å². The molecule has 0 radical (unpaired) electrons. The Morgan fingerprint density at radius 2 is 2.06 bits per heavy atom. The molecule has 17 heavy (non-hydrogen) atoms. The summed E-state index contributed by atoms with van der Waals surface area (Å²) in [5.41, 5.74) is 8.80. The molecule has 0 fully saturated rings. The van der Waals surface area contributed by atoms with Crippen LogP contribution in [0.3, 0.4) is 0 Å². The molecule has 0 spiro atoms. The second kappa shape index (κ2) is 3.96. The zero-order valence-corrected chi connectivity index (χ0v) is 10.7. The Morgan fingerprint density at radius 3 is 2.59 bits per heavy atom. The number of halogens is 1. The number of hydrogen-bond donors (Lipinski definition) is 2. The van der Waals surface area contributed by atoms with Crippen LogP contribution >= 0.6 is 11.6 Å². The predicted octanol–water partition coefficient (Wildman–Crippen LogP) is 2.65. The summed E-state index contributed by atoms with van der Waals surface area (Å²) in [7, 11) is 1.75. The lowest BCUT2D eigenvalue weighted by Crippen LogP contribution is -1.99. The van der Waals surface area contributed by atoms with Crippen LogP contribution in [-0.4, -0.2) is 14.9 Å². The lowest BCUT2D eigenvalue weighted by molar-refractivity contribution is 0.473. The van der Waals surface area contributed by atoms with Gasteiger partial charge in [0, 0.05) is 23.2 Å². The van der Waals surface area contributed by atoms with E-state index in [4.69, 9.17) is 17.3 Å². The number of phenolic OH excluding ortho intramolecular Hbond substituents is 1. The van der Waals surface area contributed by atoms with Crippen LogP contribution < -0.4 is 5.73 Å². The van der Waals surface area contributed by atoms with Crippen LogP contribution in [-0.2, 0) is 7.05 Å². The van der Waals surface area contributed by atoms with Gasteiger partial charge in [0.1, 0.15) is 11.6 Å². The molecule has 0 bridgehead atoms. The summed E-state index contributed by atoms with van der Waals surface area (Å²) in [6.45, 7) is 3.65. The molecule has 0 aliphatic heterocycles. The Morgan fingerprint density at radius 1 is 1.41 bits per heavy atom. The fraction of sp³-hybridized carbons (Fsp3) is 0.250. The molecule has 5 heteroatoms. The van der Waals surface area contributed by atoms with E-state index in [1.807, 2.05) is 6.92 Å². The zero-order chi connectivity index (χ0) is 12.7. The van der Waals surface area contributed by atoms with Crippen molar-refractivity contribution in [3.8, 4) is 16.9 Å². The average molecular weight is 252 g/mol. The van der Waals surface area contributed by atoms with Crippen molar-refractivity contribution in [2.24, 2.45) is 7.05 Å². The Kier molecular flexibility index (Phi) is 2.75. The van der Waals surface area contributed by atoms with Crippen LogP contribution in [0, 0.1) is 13.8 Å². The molecule has 0 saturated heterocycles. The number of hydrogen-bond acceptors (Lipinski definition) is 3. The number of aromatic hydroxyl groups is 1. The lowest BCUT2D eigenvalue weighted by Gasteiger charge is -2.12. The van der Waals surface area contributed by atoms with Crippen molar-refractivity contribution in [3.05, 3.63) is 28.4 Å². The lowest BCUT2D eigenvalue weighted by atomic mass is 9.98. The molecule has 3 N–H and O–H groups in total. The van der Waals surface area contributed by atoms with Crippen LogP contribution in [0.25, 0.3) is 11.1 Å². The quantitative estimate of drug-likeness (QED) is 0.819. The highest BCUT2D eigenvalue weighted by Crippen LogP contribution is 2.40. The molecule has 4 nitrogen and oxygen atoms in total. The molecule has 0 atom stereocenters. The number of anilines is 1.